The van der Waals surface area contributed by atoms with Crippen LogP contribution in [0.3, 0.4) is 0 Å². The molecule has 0 aliphatic rings. The van der Waals surface area contributed by atoms with Crippen LogP contribution in [0.1, 0.15) is 82.1 Å². The van der Waals surface area contributed by atoms with Crippen LogP contribution >= 0.6 is 20.2 Å². The van der Waals surface area contributed by atoms with Crippen molar-refractivity contribution in [1.82, 2.24) is 14.2 Å². The minimum Gasteiger partial charge on any atom is -0.370 e. The van der Waals surface area contributed by atoms with E-state index in [9.17, 15) is 4.79 Å². The van der Waals surface area contributed by atoms with E-state index in [2.05, 4.69) is 83.5 Å². The van der Waals surface area contributed by atoms with E-state index >= 15 is 0 Å². The maximum absolute atomic E-state index is 12.0. The van der Waals surface area contributed by atoms with Gasteiger partial charge in [0.15, 0.2) is 13.6 Å². The van der Waals surface area contributed by atoms with E-state index < -0.39 is 8.45 Å². The molecule has 0 aromatic rings. The summed E-state index contributed by atoms with van der Waals surface area (Å²) in [6.45, 7) is 26.3. The molecule has 0 aromatic heterocycles. The summed E-state index contributed by atoms with van der Waals surface area (Å²) in [7, 11) is -0.848. The van der Waals surface area contributed by atoms with Gasteiger partial charge in [-0.2, -0.15) is 0 Å². The molecule has 0 aliphatic carbocycles. The van der Waals surface area contributed by atoms with E-state index in [1.807, 2.05) is 0 Å². The molecule has 0 aromatic carbocycles. The molecule has 0 aliphatic heterocycles. The van der Waals surface area contributed by atoms with Crippen molar-refractivity contribution in [3.8, 4) is 0 Å². The predicted molar refractivity (Wildman–Crippen MR) is 138 cm³/mol. The van der Waals surface area contributed by atoms with Crippen molar-refractivity contribution in [3.05, 3.63) is 0 Å². The third kappa shape index (κ3) is 12.9. The summed E-state index contributed by atoms with van der Waals surface area (Å²) in [6.07, 6.45) is 1.42. The number of carbonyl (C=O) groups is 1. The van der Waals surface area contributed by atoms with Crippen molar-refractivity contribution < 1.29 is 14.1 Å². The van der Waals surface area contributed by atoms with Crippen molar-refractivity contribution in [2.24, 2.45) is 0 Å². The lowest BCUT2D eigenvalue weighted by Crippen LogP contribution is -2.43. The van der Waals surface area contributed by atoms with Crippen LogP contribution in [0.5, 0.6) is 0 Å². The fraction of sp³-hybridized carbons (Fsp3) is 0.957. The summed E-state index contributed by atoms with van der Waals surface area (Å²) < 4.78 is 17.2. The molecular weight excluding hydrogens is 429 g/mol. The lowest BCUT2D eigenvalue weighted by Gasteiger charge is -2.45. The topological polar surface area (TPSA) is 45.3 Å². The Hall–Kier alpha value is 0.250. The molecule has 0 heterocycles. The summed E-state index contributed by atoms with van der Waals surface area (Å²) in [5.74, 6) is 0.431. The zero-order chi connectivity index (χ0) is 24.0. The molecule has 0 saturated heterocycles. The van der Waals surface area contributed by atoms with Gasteiger partial charge in [-0.3, -0.25) is 4.79 Å². The third-order valence-electron chi connectivity index (χ3n) is 4.98. The number of rotatable bonds is 18. The lowest BCUT2D eigenvalue weighted by molar-refractivity contribution is -0.111. The summed E-state index contributed by atoms with van der Waals surface area (Å²) in [4.78, 5) is 14.3. The molecule has 0 spiro atoms. The highest BCUT2D eigenvalue weighted by atomic mass is 32.2. The first kappa shape index (κ1) is 31.2. The van der Waals surface area contributed by atoms with Crippen LogP contribution in [0.4, 0.5) is 0 Å². The predicted octanol–water partition coefficient (Wildman–Crippen LogP) is 5.82. The van der Waals surface area contributed by atoms with Crippen molar-refractivity contribution in [1.29, 1.82) is 0 Å². The smallest absolute Gasteiger partial charge is 0.192 e. The Balaban J connectivity index is 4.46. The lowest BCUT2D eigenvalue weighted by atomic mass is 10.3. The number of ether oxygens (including phenoxy) is 1. The maximum atomic E-state index is 12.0. The molecule has 0 fully saturated rings. The molecule has 0 atom stereocenters. The first-order valence-electron chi connectivity index (χ1n) is 12.0. The van der Waals surface area contributed by atoms with Gasteiger partial charge in [0.25, 0.3) is 0 Å². The Bertz CT molecular complexity index is 427. The molecule has 0 rings (SSSR count). The summed E-state index contributed by atoms with van der Waals surface area (Å²) in [5.41, 5.74) is 0. The normalized spacial score (nSPS) is 12.8. The first-order valence-corrected chi connectivity index (χ1v) is 14.2. The second-order valence-electron chi connectivity index (χ2n) is 8.89. The van der Waals surface area contributed by atoms with Crippen molar-refractivity contribution in [2.45, 2.75) is 106 Å². The van der Waals surface area contributed by atoms with Crippen LogP contribution in [0.15, 0.2) is 0 Å². The largest absolute Gasteiger partial charge is 0.370 e. The fourth-order valence-corrected chi connectivity index (χ4v) is 6.52. The number of hydrogen-bond donors (Lipinski definition) is 0. The number of carbonyl (C=O) groups excluding carboxylic acids is 1. The van der Waals surface area contributed by atoms with Crippen LogP contribution in [0, 0.1) is 0 Å². The molecule has 6 nitrogen and oxygen atoms in total. The summed E-state index contributed by atoms with van der Waals surface area (Å²) in [6, 6.07) is 1.67. The highest BCUT2D eigenvalue weighted by Gasteiger charge is 2.34. The highest BCUT2D eigenvalue weighted by Crippen LogP contribution is 2.50. The van der Waals surface area contributed by atoms with Gasteiger partial charge in [0, 0.05) is 43.7 Å². The Morgan fingerprint density at radius 3 is 1.74 bits per heavy atom. The van der Waals surface area contributed by atoms with E-state index in [-0.39, 0.29) is 5.12 Å². The van der Waals surface area contributed by atoms with Crippen LogP contribution < -0.4 is 0 Å². The van der Waals surface area contributed by atoms with E-state index in [0.29, 0.717) is 49.7 Å². The van der Waals surface area contributed by atoms with Crippen molar-refractivity contribution in [2.75, 3.05) is 38.8 Å². The average molecular weight is 480 g/mol. The van der Waals surface area contributed by atoms with E-state index in [1.54, 1.807) is 0 Å². The van der Waals surface area contributed by atoms with E-state index in [0.717, 1.165) is 26.1 Å². The Morgan fingerprint density at radius 1 is 0.839 bits per heavy atom. The molecule has 0 N–H and O–H groups in total. The number of thioether (sulfide) groups is 1. The van der Waals surface area contributed by atoms with Gasteiger partial charge in [-0.25, -0.2) is 9.34 Å². The third-order valence-corrected chi connectivity index (χ3v) is 8.84. The molecule has 0 bridgehead atoms. The quantitative estimate of drug-likeness (QED) is 0.139. The number of hydrogen-bond acceptors (Lipinski definition) is 7. The molecule has 8 heteroatoms. The summed E-state index contributed by atoms with van der Waals surface area (Å²) >= 11 is 1.29. The zero-order valence-electron chi connectivity index (χ0n) is 21.9. The van der Waals surface area contributed by atoms with Gasteiger partial charge in [-0.15, -0.1) is 0 Å². The van der Waals surface area contributed by atoms with E-state index in [4.69, 9.17) is 9.26 Å². The van der Waals surface area contributed by atoms with E-state index in [1.165, 1.54) is 11.8 Å². The van der Waals surface area contributed by atoms with Crippen molar-refractivity contribution in [3.63, 3.8) is 0 Å². The Morgan fingerprint density at radius 2 is 1.32 bits per heavy atom. The van der Waals surface area contributed by atoms with Crippen LogP contribution in [-0.4, -0.2) is 82.3 Å². The monoisotopic (exact) mass is 479 g/mol. The van der Waals surface area contributed by atoms with Crippen LogP contribution in [0.2, 0.25) is 0 Å². The van der Waals surface area contributed by atoms with Gasteiger partial charge in [0.05, 0.1) is 12.5 Å². The average Bonchev–Trinajstić information content (AvgIpc) is 2.66. The molecular formula is C23H50N3O3PS. The van der Waals surface area contributed by atoms with Gasteiger partial charge >= 0.3 is 0 Å². The van der Waals surface area contributed by atoms with Crippen LogP contribution in [-0.2, 0) is 14.1 Å². The Labute approximate surface area is 198 Å². The standard InChI is InChI=1S/C23H50N3O3PS/c1-11-24(12-2)15-14-23(27)31-18-28-16-13-17-29-30(25(19(3)4)20(5)6)26(21(7)8)22(9)10/h19-22H,11-18H2,1-10H3. The number of nitrogens with zero attached hydrogens (tertiary/aromatic N) is 3. The Kier molecular flexibility index (Phi) is 17.8. The van der Waals surface area contributed by atoms with Gasteiger partial charge in [-0.1, -0.05) is 25.6 Å². The molecule has 0 radical (unpaired) electrons. The summed E-state index contributed by atoms with van der Waals surface area (Å²) in [5, 5.41) is 0.209. The molecule has 0 saturated carbocycles. The fourth-order valence-electron chi connectivity index (χ4n) is 3.57. The minimum atomic E-state index is -0.848. The molecule has 0 unspecified atom stereocenters. The molecule has 0 amide bonds. The first-order chi connectivity index (χ1) is 14.6. The van der Waals surface area contributed by atoms with Gasteiger partial charge < -0.3 is 14.2 Å². The zero-order valence-corrected chi connectivity index (χ0v) is 23.6. The van der Waals surface area contributed by atoms with Crippen LogP contribution in [0.25, 0.3) is 0 Å². The second-order valence-corrected chi connectivity index (χ2v) is 11.6. The minimum absolute atomic E-state index is 0.209. The van der Waals surface area contributed by atoms with Gasteiger partial charge in [-0.05, 0) is 74.9 Å². The van der Waals surface area contributed by atoms with Gasteiger partial charge in [0.2, 0.25) is 0 Å². The maximum Gasteiger partial charge on any atom is 0.192 e. The highest BCUT2D eigenvalue weighted by molar-refractivity contribution is 8.13. The molecule has 31 heavy (non-hydrogen) atoms. The molecule has 186 valence electrons. The SMILES string of the molecule is CCN(CC)CCC(=O)SCOCCCOP(N(C(C)C)C(C)C)N(C(C)C)C(C)C. The van der Waals surface area contributed by atoms with Gasteiger partial charge in [0.1, 0.15) is 0 Å². The second kappa shape index (κ2) is 17.7. The van der Waals surface area contributed by atoms with Crippen molar-refractivity contribution >= 4 is 25.3 Å².